The van der Waals surface area contributed by atoms with Crippen LogP contribution in [0.3, 0.4) is 0 Å². The Morgan fingerprint density at radius 2 is 1.94 bits per heavy atom. The molecule has 0 heterocycles. The highest BCUT2D eigenvalue weighted by Crippen LogP contribution is 2.43. The van der Waals surface area contributed by atoms with E-state index in [0.717, 1.165) is 5.56 Å². The number of hydrogen-bond acceptors (Lipinski definition) is 2. The van der Waals surface area contributed by atoms with Gasteiger partial charge in [-0.3, -0.25) is 4.79 Å². The van der Waals surface area contributed by atoms with Crippen LogP contribution < -0.4 is 0 Å². The molecule has 1 fully saturated rings. The van der Waals surface area contributed by atoms with Crippen molar-refractivity contribution in [3.05, 3.63) is 35.4 Å². The highest BCUT2D eigenvalue weighted by molar-refractivity contribution is 5.90. The molecule has 0 radical (unpaired) electrons. The topological polar surface area (TPSA) is 40.9 Å². The Morgan fingerprint density at radius 1 is 1.31 bits per heavy atom. The largest absolute Gasteiger partial charge is 0.300 e. The maximum atomic E-state index is 11.2. The number of Topliss-reactive ketones (excluding diaryl/α,β-unsaturated/α-hetero) is 1. The number of carbonyl (C=O) groups is 1. The average Bonchev–Trinajstić information content (AvgIpc) is 2.24. The van der Waals surface area contributed by atoms with Crippen LogP contribution in [-0.4, -0.2) is 5.78 Å². The lowest BCUT2D eigenvalue weighted by Gasteiger charge is -2.36. The molecule has 1 aromatic rings. The van der Waals surface area contributed by atoms with Gasteiger partial charge in [0, 0.05) is 12.8 Å². The van der Waals surface area contributed by atoms with E-state index in [9.17, 15) is 10.1 Å². The van der Waals surface area contributed by atoms with Crippen molar-refractivity contribution in [2.75, 3.05) is 0 Å². The molecule has 1 aromatic carbocycles. The number of hydrogen-bond donors (Lipinski definition) is 0. The van der Waals surface area contributed by atoms with Crippen LogP contribution in [0.4, 0.5) is 0 Å². The van der Waals surface area contributed by atoms with E-state index in [4.69, 9.17) is 0 Å². The van der Waals surface area contributed by atoms with E-state index in [-0.39, 0.29) is 5.78 Å². The van der Waals surface area contributed by atoms with E-state index in [2.05, 4.69) is 26.0 Å². The quantitative estimate of drug-likeness (QED) is 0.757. The van der Waals surface area contributed by atoms with E-state index in [1.54, 1.807) is 0 Å². The Hall–Kier alpha value is -1.62. The van der Waals surface area contributed by atoms with Gasteiger partial charge < -0.3 is 0 Å². The molecule has 1 aliphatic rings. The van der Waals surface area contributed by atoms with Crippen molar-refractivity contribution < 1.29 is 4.79 Å². The summed E-state index contributed by atoms with van der Waals surface area (Å²) in [5, 5.41) is 9.31. The van der Waals surface area contributed by atoms with Crippen LogP contribution in [0.5, 0.6) is 0 Å². The van der Waals surface area contributed by atoms with Crippen molar-refractivity contribution in [3.8, 4) is 6.07 Å². The fourth-order valence-corrected chi connectivity index (χ4v) is 2.39. The molecular formula is C14H15NO. The molecule has 0 N–H and O–H groups in total. The number of ketones is 1. The lowest BCUT2D eigenvalue weighted by atomic mass is 9.63. The van der Waals surface area contributed by atoms with E-state index < -0.39 is 5.41 Å². The second kappa shape index (κ2) is 3.75. The van der Waals surface area contributed by atoms with E-state index in [0.29, 0.717) is 18.8 Å². The number of rotatable bonds is 2. The Morgan fingerprint density at radius 3 is 2.44 bits per heavy atom. The third-order valence-corrected chi connectivity index (χ3v) is 3.31. The van der Waals surface area contributed by atoms with Crippen LogP contribution in [0.15, 0.2) is 24.3 Å². The second-order valence-electron chi connectivity index (χ2n) is 4.83. The zero-order chi connectivity index (χ0) is 11.8. The van der Waals surface area contributed by atoms with Crippen molar-refractivity contribution in [1.82, 2.24) is 0 Å². The first-order valence-electron chi connectivity index (χ1n) is 5.61. The first-order chi connectivity index (χ1) is 7.59. The minimum atomic E-state index is -0.544. The Balaban J connectivity index is 2.48. The van der Waals surface area contributed by atoms with Gasteiger partial charge in [-0.1, -0.05) is 38.1 Å². The van der Waals surface area contributed by atoms with E-state index >= 15 is 0 Å². The molecule has 1 aliphatic carbocycles. The summed E-state index contributed by atoms with van der Waals surface area (Å²) < 4.78 is 0. The van der Waals surface area contributed by atoms with Crippen molar-refractivity contribution >= 4 is 5.78 Å². The van der Waals surface area contributed by atoms with Crippen molar-refractivity contribution in [1.29, 1.82) is 5.26 Å². The monoisotopic (exact) mass is 213 g/mol. The first kappa shape index (κ1) is 10.9. The fourth-order valence-electron chi connectivity index (χ4n) is 2.39. The van der Waals surface area contributed by atoms with Gasteiger partial charge in [0.15, 0.2) is 0 Å². The summed E-state index contributed by atoms with van der Waals surface area (Å²) in [5.74, 6) is 0.581. The SMILES string of the molecule is CC(C)c1ccccc1C1(C#N)CC(=O)C1. The van der Waals surface area contributed by atoms with E-state index in [1.807, 2.05) is 18.2 Å². The molecule has 2 heteroatoms. The molecule has 0 unspecified atom stereocenters. The number of benzene rings is 1. The Kier molecular flexibility index (Phi) is 2.55. The molecule has 0 aliphatic heterocycles. The standard InChI is InChI=1S/C14H15NO/c1-10(2)12-5-3-4-6-13(12)14(9-15)7-11(16)8-14/h3-6,10H,7-8H2,1-2H3. The summed E-state index contributed by atoms with van der Waals surface area (Å²) in [6.45, 7) is 4.23. The summed E-state index contributed by atoms with van der Waals surface area (Å²) in [5.41, 5.74) is 1.70. The van der Waals surface area contributed by atoms with Crippen molar-refractivity contribution in [2.45, 2.75) is 38.0 Å². The van der Waals surface area contributed by atoms with Gasteiger partial charge in [0.1, 0.15) is 5.78 Å². The molecule has 2 nitrogen and oxygen atoms in total. The Labute approximate surface area is 95.9 Å². The number of nitrogens with zero attached hydrogens (tertiary/aromatic N) is 1. The number of carbonyl (C=O) groups excluding carboxylic acids is 1. The zero-order valence-corrected chi connectivity index (χ0v) is 9.66. The third-order valence-electron chi connectivity index (χ3n) is 3.31. The van der Waals surface area contributed by atoms with Gasteiger partial charge in [-0.25, -0.2) is 0 Å². The molecule has 16 heavy (non-hydrogen) atoms. The average molecular weight is 213 g/mol. The lowest BCUT2D eigenvalue weighted by Crippen LogP contribution is -2.41. The van der Waals surface area contributed by atoms with Gasteiger partial charge in [-0.15, -0.1) is 0 Å². The highest BCUT2D eigenvalue weighted by atomic mass is 16.1. The molecule has 0 saturated heterocycles. The zero-order valence-electron chi connectivity index (χ0n) is 9.66. The highest BCUT2D eigenvalue weighted by Gasteiger charge is 2.46. The fraction of sp³-hybridized carbons (Fsp3) is 0.429. The summed E-state index contributed by atoms with van der Waals surface area (Å²) in [6, 6.07) is 10.3. The molecule has 0 spiro atoms. The van der Waals surface area contributed by atoms with Gasteiger partial charge >= 0.3 is 0 Å². The van der Waals surface area contributed by atoms with E-state index in [1.165, 1.54) is 5.56 Å². The van der Waals surface area contributed by atoms with Crippen LogP contribution in [0.25, 0.3) is 0 Å². The predicted molar refractivity (Wildman–Crippen MR) is 62.1 cm³/mol. The van der Waals surface area contributed by atoms with Gasteiger partial charge in [0.2, 0.25) is 0 Å². The Bertz CT molecular complexity index is 460. The predicted octanol–water partition coefficient (Wildman–Crippen LogP) is 2.93. The number of nitriles is 1. The maximum absolute atomic E-state index is 11.2. The smallest absolute Gasteiger partial charge is 0.136 e. The summed E-state index contributed by atoms with van der Waals surface area (Å²) in [7, 11) is 0. The van der Waals surface area contributed by atoms with Gasteiger partial charge in [-0.2, -0.15) is 5.26 Å². The van der Waals surface area contributed by atoms with Crippen LogP contribution in [0.1, 0.15) is 43.7 Å². The third kappa shape index (κ3) is 1.53. The lowest BCUT2D eigenvalue weighted by molar-refractivity contribution is -0.126. The molecule has 0 atom stereocenters. The first-order valence-corrected chi connectivity index (χ1v) is 5.61. The van der Waals surface area contributed by atoms with Crippen molar-refractivity contribution in [2.24, 2.45) is 0 Å². The van der Waals surface area contributed by atoms with Crippen LogP contribution in [-0.2, 0) is 10.2 Å². The second-order valence-corrected chi connectivity index (χ2v) is 4.83. The summed E-state index contributed by atoms with van der Waals surface area (Å²) >= 11 is 0. The van der Waals surface area contributed by atoms with Crippen LogP contribution in [0, 0.1) is 11.3 Å². The molecule has 82 valence electrons. The van der Waals surface area contributed by atoms with Gasteiger partial charge in [0.05, 0.1) is 11.5 Å². The minimum Gasteiger partial charge on any atom is -0.300 e. The summed E-state index contributed by atoms with van der Waals surface area (Å²) in [4.78, 5) is 11.2. The van der Waals surface area contributed by atoms with Crippen molar-refractivity contribution in [3.63, 3.8) is 0 Å². The molecule has 0 bridgehead atoms. The molecular weight excluding hydrogens is 198 g/mol. The molecule has 2 rings (SSSR count). The van der Waals surface area contributed by atoms with Gasteiger partial charge in [-0.05, 0) is 17.0 Å². The van der Waals surface area contributed by atoms with Crippen LogP contribution in [0.2, 0.25) is 0 Å². The maximum Gasteiger partial charge on any atom is 0.136 e. The van der Waals surface area contributed by atoms with Crippen LogP contribution >= 0.6 is 0 Å². The molecule has 0 amide bonds. The molecule has 1 saturated carbocycles. The molecule has 0 aromatic heterocycles. The minimum absolute atomic E-state index is 0.195. The normalized spacial score (nSPS) is 18.0. The van der Waals surface area contributed by atoms with Gasteiger partial charge in [0.25, 0.3) is 0 Å². The summed E-state index contributed by atoms with van der Waals surface area (Å²) in [6.07, 6.45) is 0.764.